The molecule has 1 N–H and O–H groups in total. The molecule has 7 nitrogen and oxygen atoms in total. The van der Waals surface area contributed by atoms with Crippen molar-refractivity contribution in [3.8, 4) is 17.2 Å². The van der Waals surface area contributed by atoms with Gasteiger partial charge in [-0.25, -0.2) is 4.68 Å². The van der Waals surface area contributed by atoms with Crippen molar-refractivity contribution in [3.63, 3.8) is 0 Å². The summed E-state index contributed by atoms with van der Waals surface area (Å²) in [5.41, 5.74) is 7.52. The number of rotatable bonds is 4. The molecule has 2 aliphatic heterocycles. The third-order valence-corrected chi connectivity index (χ3v) is 9.75. The summed E-state index contributed by atoms with van der Waals surface area (Å²) in [6, 6.07) is 12.8. The van der Waals surface area contributed by atoms with Crippen LogP contribution in [0, 0.1) is 18.3 Å². The summed E-state index contributed by atoms with van der Waals surface area (Å²) < 4.78 is 2.59. The van der Waals surface area contributed by atoms with Crippen LogP contribution in [0.1, 0.15) is 53.7 Å². The van der Waals surface area contributed by atoms with Crippen molar-refractivity contribution in [1.29, 1.82) is 5.26 Å². The maximum absolute atomic E-state index is 12.5. The average molecular weight is 523 g/mol. The maximum atomic E-state index is 12.5. The Kier molecular flexibility index (Phi) is 5.60. The molecule has 1 atom stereocenters. The Morgan fingerprint density at radius 3 is 2.87 bits per heavy atom. The number of hydrogen-bond acceptors (Lipinski definition) is 7. The van der Waals surface area contributed by atoms with Gasteiger partial charge in [0.15, 0.2) is 0 Å². The average Bonchev–Trinajstić information content (AvgIpc) is 3.54. The molecule has 0 radical (unpaired) electrons. The Hall–Kier alpha value is -3.54. The van der Waals surface area contributed by atoms with Gasteiger partial charge in [0.25, 0.3) is 5.56 Å². The van der Waals surface area contributed by atoms with Crippen LogP contribution < -0.4 is 15.8 Å². The fourth-order valence-electron chi connectivity index (χ4n) is 6.61. The molecule has 1 saturated heterocycles. The van der Waals surface area contributed by atoms with Gasteiger partial charge in [0, 0.05) is 58.6 Å². The zero-order chi connectivity index (χ0) is 25.9. The summed E-state index contributed by atoms with van der Waals surface area (Å²) in [4.78, 5) is 20.8. The van der Waals surface area contributed by atoms with Gasteiger partial charge in [-0.1, -0.05) is 0 Å². The maximum Gasteiger partial charge on any atom is 0.267 e. The van der Waals surface area contributed by atoms with E-state index in [0.717, 1.165) is 57.7 Å². The van der Waals surface area contributed by atoms with Gasteiger partial charge in [0.05, 0.1) is 34.6 Å². The molecular formula is C30H30N6OS. The van der Waals surface area contributed by atoms with Crippen molar-refractivity contribution in [2.45, 2.75) is 63.6 Å². The standard InChI is InChI=1S/C30H30N6OS/c1-19-10-27(37)36(34-16-19)18-23-13-26-29(38-23)24(5-8-32-26)25-12-20(15-31)11-21-4-2-9-35(28(21)25)22-14-30(33-17-22)6-3-7-30/h5,8,10-13,16,22,33H,2-4,6-7,9,14,17-18H2,1H3/t22-/m1/s1. The van der Waals surface area contributed by atoms with Crippen molar-refractivity contribution >= 4 is 27.2 Å². The second-order valence-electron chi connectivity index (χ2n) is 11.1. The lowest BCUT2D eigenvalue weighted by atomic mass is 9.75. The number of anilines is 1. The Balaban J connectivity index is 1.33. The number of nitrogens with zero attached hydrogens (tertiary/aromatic N) is 5. The van der Waals surface area contributed by atoms with Crippen molar-refractivity contribution in [3.05, 3.63) is 74.6 Å². The monoisotopic (exact) mass is 522 g/mol. The van der Waals surface area contributed by atoms with Gasteiger partial charge < -0.3 is 10.2 Å². The van der Waals surface area contributed by atoms with E-state index in [-0.39, 0.29) is 5.56 Å². The molecule has 0 bridgehead atoms. The van der Waals surface area contributed by atoms with Gasteiger partial charge in [0.1, 0.15) is 0 Å². The topological polar surface area (TPSA) is 86.8 Å². The molecule has 8 heteroatoms. The number of pyridine rings is 1. The largest absolute Gasteiger partial charge is 0.366 e. The van der Waals surface area contributed by atoms with Crippen molar-refractivity contribution < 1.29 is 0 Å². The Morgan fingerprint density at radius 2 is 2.11 bits per heavy atom. The second kappa shape index (κ2) is 9.04. The first-order valence-corrected chi connectivity index (χ1v) is 14.3. The smallest absolute Gasteiger partial charge is 0.267 e. The summed E-state index contributed by atoms with van der Waals surface area (Å²) in [6.45, 7) is 4.35. The molecule has 0 amide bonds. The number of fused-ring (bicyclic) bond motifs is 2. The highest BCUT2D eigenvalue weighted by Gasteiger charge is 2.45. The predicted molar refractivity (Wildman–Crippen MR) is 151 cm³/mol. The van der Waals surface area contributed by atoms with Gasteiger partial charge in [-0.15, -0.1) is 11.3 Å². The van der Waals surface area contributed by atoms with Gasteiger partial charge in [0.2, 0.25) is 0 Å². The molecule has 4 aromatic rings. The SMILES string of the molecule is Cc1cnn(Cc2cc3nccc(-c4cc(C#N)cc5c4N([C@H]4CNC6(CCC6)C4)CCC5)c3s2)c(=O)c1. The van der Waals surface area contributed by atoms with Crippen LogP contribution in [0.2, 0.25) is 0 Å². The molecule has 2 fully saturated rings. The van der Waals surface area contributed by atoms with E-state index in [2.05, 4.69) is 50.6 Å². The summed E-state index contributed by atoms with van der Waals surface area (Å²) >= 11 is 1.66. The van der Waals surface area contributed by atoms with Gasteiger partial charge in [-0.2, -0.15) is 10.4 Å². The zero-order valence-electron chi connectivity index (χ0n) is 21.5. The fourth-order valence-corrected chi connectivity index (χ4v) is 7.74. The molecular weight excluding hydrogens is 492 g/mol. The second-order valence-corrected chi connectivity index (χ2v) is 12.3. The van der Waals surface area contributed by atoms with E-state index in [1.165, 1.54) is 41.6 Å². The molecule has 3 aromatic heterocycles. The molecule has 38 heavy (non-hydrogen) atoms. The van der Waals surface area contributed by atoms with Gasteiger partial charge in [-0.3, -0.25) is 9.78 Å². The molecule has 1 spiro atoms. The van der Waals surface area contributed by atoms with Gasteiger partial charge in [-0.05, 0) is 80.8 Å². The first kappa shape index (κ1) is 23.6. The van der Waals surface area contributed by atoms with E-state index >= 15 is 0 Å². The molecule has 5 heterocycles. The molecule has 3 aliphatic rings. The number of nitrogens with one attached hydrogen (secondary N) is 1. The number of hydrogen-bond donors (Lipinski definition) is 1. The van der Waals surface area contributed by atoms with Crippen LogP contribution in [0.25, 0.3) is 21.3 Å². The first-order valence-electron chi connectivity index (χ1n) is 13.5. The summed E-state index contributed by atoms with van der Waals surface area (Å²) in [7, 11) is 0. The van der Waals surface area contributed by atoms with E-state index in [1.807, 2.05) is 13.1 Å². The molecule has 0 unspecified atom stereocenters. The highest BCUT2D eigenvalue weighted by atomic mass is 32.1. The third kappa shape index (κ3) is 3.93. The van der Waals surface area contributed by atoms with E-state index < -0.39 is 0 Å². The van der Waals surface area contributed by atoms with E-state index in [1.54, 1.807) is 23.6 Å². The number of aryl methyl sites for hydroxylation is 2. The molecule has 7 rings (SSSR count). The Labute approximate surface area is 225 Å². The summed E-state index contributed by atoms with van der Waals surface area (Å²) in [5, 5.41) is 18.1. The summed E-state index contributed by atoms with van der Waals surface area (Å²) in [5.74, 6) is 0. The molecule has 1 aromatic carbocycles. The third-order valence-electron chi connectivity index (χ3n) is 8.61. The van der Waals surface area contributed by atoms with E-state index in [4.69, 9.17) is 0 Å². The highest BCUT2D eigenvalue weighted by Crippen LogP contribution is 2.46. The van der Waals surface area contributed by atoms with E-state index in [9.17, 15) is 10.1 Å². The minimum atomic E-state index is -0.100. The van der Waals surface area contributed by atoms with Crippen LogP contribution in [0.5, 0.6) is 0 Å². The van der Waals surface area contributed by atoms with Gasteiger partial charge >= 0.3 is 0 Å². The van der Waals surface area contributed by atoms with Crippen molar-refractivity contribution in [1.82, 2.24) is 20.1 Å². The first-order chi connectivity index (χ1) is 18.5. The van der Waals surface area contributed by atoms with Crippen LogP contribution in [0.15, 0.2) is 47.5 Å². The molecule has 1 aliphatic carbocycles. The summed E-state index contributed by atoms with van der Waals surface area (Å²) in [6.07, 6.45) is 10.8. The Bertz CT molecular complexity index is 1660. The van der Waals surface area contributed by atoms with Crippen molar-refractivity contribution in [2.24, 2.45) is 0 Å². The minimum absolute atomic E-state index is 0.100. The normalized spacial score (nSPS) is 19.9. The lowest BCUT2D eigenvalue weighted by Crippen LogP contribution is -2.46. The number of thiophene rings is 1. The highest BCUT2D eigenvalue weighted by molar-refractivity contribution is 7.19. The van der Waals surface area contributed by atoms with Crippen LogP contribution >= 0.6 is 11.3 Å². The number of benzene rings is 1. The van der Waals surface area contributed by atoms with Crippen LogP contribution in [0.3, 0.4) is 0 Å². The van der Waals surface area contributed by atoms with E-state index in [0.29, 0.717) is 23.7 Å². The lowest BCUT2D eigenvalue weighted by Gasteiger charge is -2.41. The molecule has 1 saturated carbocycles. The van der Waals surface area contributed by atoms with Crippen LogP contribution in [0.4, 0.5) is 5.69 Å². The van der Waals surface area contributed by atoms with Crippen LogP contribution in [-0.2, 0) is 13.0 Å². The zero-order valence-corrected chi connectivity index (χ0v) is 22.4. The molecule has 192 valence electrons. The van der Waals surface area contributed by atoms with Crippen molar-refractivity contribution in [2.75, 3.05) is 18.0 Å². The minimum Gasteiger partial charge on any atom is -0.366 e. The predicted octanol–water partition coefficient (Wildman–Crippen LogP) is 4.79. The Morgan fingerprint density at radius 1 is 1.21 bits per heavy atom. The van der Waals surface area contributed by atoms with Crippen LogP contribution in [-0.4, -0.2) is 39.4 Å². The fraction of sp³-hybridized carbons (Fsp3) is 0.400. The number of aromatic nitrogens is 3. The quantitative estimate of drug-likeness (QED) is 0.415. The lowest BCUT2D eigenvalue weighted by molar-refractivity contribution is 0.214. The number of nitriles is 1.